The summed E-state index contributed by atoms with van der Waals surface area (Å²) in [7, 11) is 1.79. The summed E-state index contributed by atoms with van der Waals surface area (Å²) in [4.78, 5) is 17.7. The third-order valence-electron chi connectivity index (χ3n) is 5.71. The molecule has 4 heteroatoms. The molecule has 4 rings (SSSR count). The molecule has 0 amide bonds. The zero-order chi connectivity index (χ0) is 20.8. The topological polar surface area (TPSA) is 44.1 Å². The lowest BCUT2D eigenvalue weighted by atomic mass is 9.90. The fourth-order valence-electron chi connectivity index (χ4n) is 3.96. The molecule has 2 aromatic carbocycles. The second kappa shape index (κ2) is 9.57. The summed E-state index contributed by atoms with van der Waals surface area (Å²) in [6.45, 7) is 0.644. The number of hydrogen-bond donors (Lipinski definition) is 0. The van der Waals surface area contributed by atoms with Crippen LogP contribution in [0.3, 0.4) is 0 Å². The maximum absolute atomic E-state index is 13.0. The van der Waals surface area contributed by atoms with Gasteiger partial charge in [-0.05, 0) is 42.0 Å². The van der Waals surface area contributed by atoms with Crippen molar-refractivity contribution in [1.82, 2.24) is 9.55 Å². The van der Waals surface area contributed by atoms with E-state index in [-0.39, 0.29) is 5.56 Å². The molecule has 4 nitrogen and oxygen atoms in total. The maximum atomic E-state index is 13.0. The molecule has 0 unspecified atom stereocenters. The molecule has 0 saturated heterocycles. The van der Waals surface area contributed by atoms with Crippen LogP contribution in [0.5, 0.6) is 5.88 Å². The van der Waals surface area contributed by atoms with E-state index in [1.807, 2.05) is 72.8 Å². The SMILES string of the molecule is Cn1c(=O)/c(=C/c2ccccc2)nc(OCC2CCCCC2)/c1=C/c1ccccc1. The van der Waals surface area contributed by atoms with Crippen LogP contribution >= 0.6 is 0 Å². The Hall–Kier alpha value is -3.14. The van der Waals surface area contributed by atoms with E-state index in [1.54, 1.807) is 11.6 Å². The molecule has 1 heterocycles. The second-order valence-corrected chi connectivity index (χ2v) is 7.98. The highest BCUT2D eigenvalue weighted by molar-refractivity contribution is 5.51. The Bertz CT molecular complexity index is 1150. The summed E-state index contributed by atoms with van der Waals surface area (Å²) in [6, 6.07) is 19.8. The van der Waals surface area contributed by atoms with Gasteiger partial charge in [0.1, 0.15) is 10.7 Å². The van der Waals surface area contributed by atoms with E-state index in [9.17, 15) is 4.79 Å². The van der Waals surface area contributed by atoms with E-state index in [0.717, 1.165) is 11.1 Å². The Kier molecular flexibility index (Phi) is 6.43. The lowest BCUT2D eigenvalue weighted by molar-refractivity contribution is 0.199. The van der Waals surface area contributed by atoms with Crippen molar-refractivity contribution in [3.63, 3.8) is 0 Å². The molecule has 0 spiro atoms. The van der Waals surface area contributed by atoms with Gasteiger partial charge in [0.05, 0.1) is 6.61 Å². The molecule has 154 valence electrons. The highest BCUT2D eigenvalue weighted by atomic mass is 16.5. The van der Waals surface area contributed by atoms with Crippen molar-refractivity contribution in [2.24, 2.45) is 13.0 Å². The number of ether oxygens (including phenoxy) is 1. The standard InChI is InChI=1S/C26H28N2O2/c1-28-24(18-21-13-7-3-8-14-21)25(30-19-22-15-9-4-10-16-22)27-23(26(28)29)17-20-11-5-2-6-12-20/h2-3,5-8,11-14,17-18,22H,4,9-10,15-16,19H2,1H3/b23-17-,24-18-. The zero-order valence-electron chi connectivity index (χ0n) is 17.5. The fourth-order valence-corrected chi connectivity index (χ4v) is 3.96. The average Bonchev–Trinajstić information content (AvgIpc) is 2.80. The van der Waals surface area contributed by atoms with E-state index in [4.69, 9.17) is 4.74 Å². The molecule has 1 aromatic heterocycles. The quantitative estimate of drug-likeness (QED) is 0.659. The second-order valence-electron chi connectivity index (χ2n) is 7.98. The Morgan fingerprint density at radius 3 is 2.17 bits per heavy atom. The third-order valence-corrected chi connectivity index (χ3v) is 5.71. The van der Waals surface area contributed by atoms with E-state index < -0.39 is 0 Å². The highest BCUT2D eigenvalue weighted by Gasteiger charge is 2.15. The van der Waals surface area contributed by atoms with Crippen molar-refractivity contribution >= 4 is 12.2 Å². The van der Waals surface area contributed by atoms with Crippen molar-refractivity contribution in [2.75, 3.05) is 6.61 Å². The Morgan fingerprint density at radius 1 is 0.933 bits per heavy atom. The Balaban J connectivity index is 1.80. The first-order chi connectivity index (χ1) is 14.7. The van der Waals surface area contributed by atoms with Gasteiger partial charge in [-0.15, -0.1) is 0 Å². The van der Waals surface area contributed by atoms with Gasteiger partial charge >= 0.3 is 0 Å². The van der Waals surface area contributed by atoms with Gasteiger partial charge in [-0.1, -0.05) is 79.9 Å². The fraction of sp³-hybridized carbons (Fsp3) is 0.308. The van der Waals surface area contributed by atoms with Crippen molar-refractivity contribution in [3.05, 3.63) is 92.8 Å². The average molecular weight is 401 g/mol. The van der Waals surface area contributed by atoms with Gasteiger partial charge in [0, 0.05) is 7.05 Å². The van der Waals surface area contributed by atoms with Crippen LogP contribution in [0.15, 0.2) is 65.5 Å². The minimum absolute atomic E-state index is 0.133. The van der Waals surface area contributed by atoms with Crippen LogP contribution in [0.2, 0.25) is 0 Å². The van der Waals surface area contributed by atoms with E-state index in [2.05, 4.69) is 4.98 Å². The van der Waals surface area contributed by atoms with Crippen molar-refractivity contribution in [3.8, 4) is 5.88 Å². The van der Waals surface area contributed by atoms with Crippen LogP contribution in [-0.4, -0.2) is 16.2 Å². The number of aromatic nitrogens is 2. The monoisotopic (exact) mass is 400 g/mol. The summed E-state index contributed by atoms with van der Waals surface area (Å²) < 4.78 is 7.88. The largest absolute Gasteiger partial charge is 0.476 e. The molecule has 1 fully saturated rings. The summed E-state index contributed by atoms with van der Waals surface area (Å²) >= 11 is 0. The van der Waals surface area contributed by atoms with Gasteiger partial charge in [0.2, 0.25) is 5.88 Å². The number of hydrogen-bond acceptors (Lipinski definition) is 3. The molecular weight excluding hydrogens is 372 g/mol. The van der Waals surface area contributed by atoms with Gasteiger partial charge in [-0.25, -0.2) is 4.98 Å². The molecule has 0 N–H and O–H groups in total. The first kappa shape index (κ1) is 20.1. The van der Waals surface area contributed by atoms with E-state index in [1.165, 1.54) is 32.1 Å². The summed E-state index contributed by atoms with van der Waals surface area (Å²) in [6.07, 6.45) is 10.0. The smallest absolute Gasteiger partial charge is 0.276 e. The summed E-state index contributed by atoms with van der Waals surface area (Å²) in [5, 5.41) is 1.10. The number of benzene rings is 2. The molecule has 0 bridgehead atoms. The summed E-state index contributed by atoms with van der Waals surface area (Å²) in [5.41, 5.74) is 1.82. The number of nitrogens with zero attached hydrogens (tertiary/aromatic N) is 2. The minimum atomic E-state index is -0.133. The lowest BCUT2D eigenvalue weighted by Crippen LogP contribution is -2.44. The lowest BCUT2D eigenvalue weighted by Gasteiger charge is -2.21. The van der Waals surface area contributed by atoms with Gasteiger partial charge in [-0.3, -0.25) is 4.79 Å². The van der Waals surface area contributed by atoms with Crippen LogP contribution in [0.4, 0.5) is 0 Å². The molecule has 1 saturated carbocycles. The van der Waals surface area contributed by atoms with E-state index in [0.29, 0.717) is 29.1 Å². The Morgan fingerprint density at radius 2 is 1.53 bits per heavy atom. The van der Waals surface area contributed by atoms with Crippen LogP contribution in [-0.2, 0) is 7.05 Å². The van der Waals surface area contributed by atoms with Crippen LogP contribution in [0, 0.1) is 5.92 Å². The van der Waals surface area contributed by atoms with Crippen molar-refractivity contribution in [1.29, 1.82) is 0 Å². The van der Waals surface area contributed by atoms with Crippen LogP contribution < -0.4 is 21.0 Å². The molecule has 30 heavy (non-hydrogen) atoms. The molecule has 0 radical (unpaired) electrons. The molecule has 3 aromatic rings. The minimum Gasteiger partial charge on any atom is -0.476 e. The number of rotatable bonds is 5. The normalized spacial score (nSPS) is 16.0. The highest BCUT2D eigenvalue weighted by Crippen LogP contribution is 2.23. The molecule has 1 aliphatic carbocycles. The third kappa shape index (κ3) is 4.88. The van der Waals surface area contributed by atoms with Gasteiger partial charge in [-0.2, -0.15) is 0 Å². The zero-order valence-corrected chi connectivity index (χ0v) is 17.5. The molecule has 0 aliphatic heterocycles. The van der Waals surface area contributed by atoms with Gasteiger partial charge in [0.15, 0.2) is 0 Å². The predicted molar refractivity (Wildman–Crippen MR) is 121 cm³/mol. The van der Waals surface area contributed by atoms with Crippen LogP contribution in [0.25, 0.3) is 12.2 Å². The summed E-state index contributed by atoms with van der Waals surface area (Å²) in [5.74, 6) is 1.08. The Labute approximate surface area is 177 Å². The molecule has 0 atom stereocenters. The first-order valence-corrected chi connectivity index (χ1v) is 10.7. The van der Waals surface area contributed by atoms with Crippen LogP contribution in [0.1, 0.15) is 43.2 Å². The molecular formula is C26H28N2O2. The molecule has 1 aliphatic rings. The predicted octanol–water partition coefficient (Wildman–Crippen LogP) is 3.40. The maximum Gasteiger partial charge on any atom is 0.276 e. The van der Waals surface area contributed by atoms with Gasteiger partial charge in [0.25, 0.3) is 5.56 Å². The van der Waals surface area contributed by atoms with Crippen molar-refractivity contribution < 1.29 is 4.74 Å². The van der Waals surface area contributed by atoms with Gasteiger partial charge < -0.3 is 9.30 Å². The van der Waals surface area contributed by atoms with Crippen molar-refractivity contribution in [2.45, 2.75) is 32.1 Å². The van der Waals surface area contributed by atoms with E-state index >= 15 is 0 Å². The first-order valence-electron chi connectivity index (χ1n) is 10.7.